The summed E-state index contributed by atoms with van der Waals surface area (Å²) in [5.74, 6) is 0. The van der Waals surface area contributed by atoms with E-state index in [0.717, 1.165) is 43.3 Å². The molecule has 21 heavy (non-hydrogen) atoms. The van der Waals surface area contributed by atoms with E-state index < -0.39 is 11.7 Å². The average molecular weight is 314 g/mol. The van der Waals surface area contributed by atoms with Crippen molar-refractivity contribution < 1.29 is 13.2 Å². The first-order valence-corrected chi connectivity index (χ1v) is 7.55. The van der Waals surface area contributed by atoms with Crippen molar-refractivity contribution in [2.24, 2.45) is 0 Å². The van der Waals surface area contributed by atoms with Crippen molar-refractivity contribution in [2.45, 2.75) is 50.7 Å². The van der Waals surface area contributed by atoms with E-state index in [0.29, 0.717) is 10.3 Å². The van der Waals surface area contributed by atoms with Gasteiger partial charge < -0.3 is 9.55 Å². The van der Waals surface area contributed by atoms with Crippen molar-refractivity contribution >= 4 is 23.3 Å². The molecular formula is C15H17F3N2S. The predicted octanol–water partition coefficient (Wildman–Crippen LogP) is 5.40. The monoisotopic (exact) mass is 314 g/mol. The fourth-order valence-corrected chi connectivity index (χ4v) is 3.79. The predicted molar refractivity (Wildman–Crippen MR) is 78.9 cm³/mol. The van der Waals surface area contributed by atoms with Gasteiger partial charge >= 0.3 is 6.18 Å². The maximum atomic E-state index is 12.8. The molecule has 1 fully saturated rings. The van der Waals surface area contributed by atoms with Crippen LogP contribution >= 0.6 is 12.2 Å². The summed E-state index contributed by atoms with van der Waals surface area (Å²) in [4.78, 5) is 2.94. The minimum absolute atomic E-state index is 0.104. The molecule has 0 radical (unpaired) electrons. The molecule has 0 spiro atoms. The van der Waals surface area contributed by atoms with Gasteiger partial charge in [0.25, 0.3) is 0 Å². The van der Waals surface area contributed by atoms with Gasteiger partial charge in [-0.3, -0.25) is 0 Å². The standard InChI is InChI=1S/C15H17F3N2S/c1-14(7-3-2-4-8-14)20-12-6-5-10(15(16,17)18)9-11(12)19-13(20)21/h5-6,9H,2-4,7-8H2,1H3,(H,19,21). The molecule has 0 aliphatic heterocycles. The first-order chi connectivity index (χ1) is 9.81. The summed E-state index contributed by atoms with van der Waals surface area (Å²) in [6.45, 7) is 2.15. The van der Waals surface area contributed by atoms with Crippen molar-refractivity contribution in [1.82, 2.24) is 9.55 Å². The summed E-state index contributed by atoms with van der Waals surface area (Å²) in [5, 5.41) is 0. The number of hydrogen-bond acceptors (Lipinski definition) is 1. The van der Waals surface area contributed by atoms with E-state index in [-0.39, 0.29) is 5.54 Å². The van der Waals surface area contributed by atoms with Gasteiger partial charge in [-0.1, -0.05) is 19.3 Å². The highest BCUT2D eigenvalue weighted by atomic mass is 32.1. The van der Waals surface area contributed by atoms with Crippen molar-refractivity contribution in [2.75, 3.05) is 0 Å². The molecule has 0 saturated heterocycles. The largest absolute Gasteiger partial charge is 0.416 e. The van der Waals surface area contributed by atoms with Gasteiger partial charge in [0.15, 0.2) is 4.77 Å². The third kappa shape index (κ3) is 2.50. The Hall–Kier alpha value is -1.30. The average Bonchev–Trinajstić information content (AvgIpc) is 2.74. The van der Waals surface area contributed by atoms with Crippen LogP contribution in [0.1, 0.15) is 44.6 Å². The molecule has 1 aromatic carbocycles. The topological polar surface area (TPSA) is 20.7 Å². The summed E-state index contributed by atoms with van der Waals surface area (Å²) in [6, 6.07) is 3.81. The molecule has 1 saturated carbocycles. The maximum absolute atomic E-state index is 12.8. The van der Waals surface area contributed by atoms with E-state index >= 15 is 0 Å². The van der Waals surface area contributed by atoms with Crippen LogP contribution < -0.4 is 0 Å². The number of fused-ring (bicyclic) bond motifs is 1. The molecule has 1 heterocycles. The minimum atomic E-state index is -4.33. The normalized spacial score (nSPS) is 19.0. The van der Waals surface area contributed by atoms with E-state index in [1.54, 1.807) is 0 Å². The van der Waals surface area contributed by atoms with E-state index in [1.165, 1.54) is 12.5 Å². The molecule has 0 atom stereocenters. The van der Waals surface area contributed by atoms with Crippen LogP contribution in [0, 0.1) is 4.77 Å². The molecule has 2 nitrogen and oxygen atoms in total. The van der Waals surface area contributed by atoms with Gasteiger partial charge in [-0.2, -0.15) is 13.2 Å². The number of aromatic nitrogens is 2. The van der Waals surface area contributed by atoms with E-state index in [9.17, 15) is 13.2 Å². The Morgan fingerprint density at radius 3 is 2.48 bits per heavy atom. The molecule has 6 heteroatoms. The molecule has 1 aliphatic carbocycles. The van der Waals surface area contributed by atoms with Crippen LogP contribution in [-0.4, -0.2) is 9.55 Å². The Kier molecular flexibility index (Phi) is 3.39. The van der Waals surface area contributed by atoms with E-state index in [1.807, 2.05) is 4.57 Å². The van der Waals surface area contributed by atoms with Crippen LogP contribution in [0.5, 0.6) is 0 Å². The zero-order chi connectivity index (χ0) is 15.3. The Morgan fingerprint density at radius 2 is 1.86 bits per heavy atom. The molecule has 114 valence electrons. The molecule has 1 N–H and O–H groups in total. The zero-order valence-electron chi connectivity index (χ0n) is 11.8. The van der Waals surface area contributed by atoms with Crippen LogP contribution in [-0.2, 0) is 11.7 Å². The summed E-state index contributed by atoms with van der Waals surface area (Å²) in [5.41, 5.74) is 0.471. The molecular weight excluding hydrogens is 297 g/mol. The zero-order valence-corrected chi connectivity index (χ0v) is 12.6. The van der Waals surface area contributed by atoms with Gasteiger partial charge in [-0.15, -0.1) is 0 Å². The van der Waals surface area contributed by atoms with Crippen LogP contribution in [0.25, 0.3) is 11.0 Å². The second-order valence-electron chi connectivity index (χ2n) is 6.05. The van der Waals surface area contributed by atoms with Crippen LogP contribution in [0.4, 0.5) is 13.2 Å². The van der Waals surface area contributed by atoms with Crippen molar-refractivity contribution in [3.8, 4) is 0 Å². The molecule has 2 aromatic rings. The Bertz CT molecular complexity index is 721. The first-order valence-electron chi connectivity index (χ1n) is 7.14. The van der Waals surface area contributed by atoms with Crippen LogP contribution in [0.3, 0.4) is 0 Å². The van der Waals surface area contributed by atoms with Gasteiger partial charge in [0, 0.05) is 5.54 Å². The second-order valence-corrected chi connectivity index (χ2v) is 6.44. The minimum Gasteiger partial charge on any atom is -0.331 e. The van der Waals surface area contributed by atoms with Gasteiger partial charge in [-0.05, 0) is 50.2 Å². The molecule has 0 amide bonds. The summed E-state index contributed by atoms with van der Waals surface area (Å²) >= 11 is 5.37. The highest BCUT2D eigenvalue weighted by molar-refractivity contribution is 7.71. The number of H-pyrrole nitrogens is 1. The quantitative estimate of drug-likeness (QED) is 0.699. The lowest BCUT2D eigenvalue weighted by Crippen LogP contribution is -2.32. The SMILES string of the molecule is CC1(n2c(=S)[nH]c3cc(C(F)(F)F)ccc32)CCCCC1. The van der Waals surface area contributed by atoms with E-state index in [2.05, 4.69) is 11.9 Å². The molecule has 0 unspecified atom stereocenters. The molecule has 3 rings (SSSR count). The number of nitrogens with zero attached hydrogens (tertiary/aromatic N) is 1. The summed E-state index contributed by atoms with van der Waals surface area (Å²) in [7, 11) is 0. The van der Waals surface area contributed by atoms with Gasteiger partial charge in [-0.25, -0.2) is 0 Å². The number of hydrogen-bond donors (Lipinski definition) is 1. The first kappa shape index (κ1) is 14.6. The number of imidazole rings is 1. The van der Waals surface area contributed by atoms with Crippen molar-refractivity contribution in [3.63, 3.8) is 0 Å². The molecule has 1 aromatic heterocycles. The number of halogens is 3. The lowest BCUT2D eigenvalue weighted by atomic mass is 9.83. The summed E-state index contributed by atoms with van der Waals surface area (Å²) < 4.78 is 40.9. The van der Waals surface area contributed by atoms with E-state index in [4.69, 9.17) is 12.2 Å². The Labute approximate surface area is 126 Å². The van der Waals surface area contributed by atoms with Crippen molar-refractivity contribution in [1.29, 1.82) is 0 Å². The Morgan fingerprint density at radius 1 is 1.19 bits per heavy atom. The maximum Gasteiger partial charge on any atom is 0.416 e. The Balaban J connectivity index is 2.16. The number of benzene rings is 1. The lowest BCUT2D eigenvalue weighted by molar-refractivity contribution is -0.137. The molecule has 0 bridgehead atoms. The number of aromatic amines is 1. The van der Waals surface area contributed by atoms with Gasteiger partial charge in [0.05, 0.1) is 16.6 Å². The fourth-order valence-electron chi connectivity index (χ4n) is 3.36. The van der Waals surface area contributed by atoms with Crippen molar-refractivity contribution in [3.05, 3.63) is 28.5 Å². The van der Waals surface area contributed by atoms with Gasteiger partial charge in [0.1, 0.15) is 0 Å². The summed E-state index contributed by atoms with van der Waals surface area (Å²) in [6.07, 6.45) is 1.16. The highest BCUT2D eigenvalue weighted by Crippen LogP contribution is 2.38. The number of rotatable bonds is 1. The fraction of sp³-hybridized carbons (Fsp3) is 0.533. The number of alkyl halides is 3. The molecule has 1 aliphatic rings. The third-order valence-electron chi connectivity index (χ3n) is 4.48. The highest BCUT2D eigenvalue weighted by Gasteiger charge is 2.33. The van der Waals surface area contributed by atoms with Crippen LogP contribution in [0.15, 0.2) is 18.2 Å². The third-order valence-corrected chi connectivity index (χ3v) is 4.76. The lowest BCUT2D eigenvalue weighted by Gasteiger charge is -2.35. The smallest absolute Gasteiger partial charge is 0.331 e. The van der Waals surface area contributed by atoms with Crippen LogP contribution in [0.2, 0.25) is 0 Å². The number of nitrogens with one attached hydrogen (secondary N) is 1. The van der Waals surface area contributed by atoms with Gasteiger partial charge in [0.2, 0.25) is 0 Å². The second kappa shape index (κ2) is 4.87.